The minimum Gasteiger partial charge on any atom is -0.507 e. The van der Waals surface area contributed by atoms with Crippen LogP contribution in [0, 0.1) is 6.92 Å². The zero-order chi connectivity index (χ0) is 11.2. The molecule has 2 atom stereocenters. The molecule has 0 amide bonds. The molecule has 0 unspecified atom stereocenters. The normalized spacial score (nSPS) is 24.6. The number of carbonyl (C=O) groups excluding carboxylic acids is 1. The van der Waals surface area contributed by atoms with E-state index in [1.54, 1.807) is 6.92 Å². The minimum atomic E-state index is -0.420. The molecule has 1 aromatic rings. The predicted octanol–water partition coefficient (Wildman–Crippen LogP) is 2.36. The molecule has 1 aliphatic heterocycles. The fraction of sp³-hybridized carbons (Fsp3) is 0.417. The average Bonchev–Trinajstić information content (AvgIpc) is 2.18. The van der Waals surface area contributed by atoms with Gasteiger partial charge in [-0.1, -0.05) is 19.1 Å². The summed E-state index contributed by atoms with van der Waals surface area (Å²) in [5, 5.41) is 9.82. The number of hydrogen-bond acceptors (Lipinski definition) is 3. The summed E-state index contributed by atoms with van der Waals surface area (Å²) < 4.78 is 5.16. The molecule has 0 bridgehead atoms. The van der Waals surface area contributed by atoms with E-state index < -0.39 is 5.97 Å². The number of benzene rings is 1. The van der Waals surface area contributed by atoms with Crippen molar-refractivity contribution in [1.82, 2.24) is 0 Å². The van der Waals surface area contributed by atoms with Crippen molar-refractivity contribution in [3.8, 4) is 5.75 Å². The predicted molar refractivity (Wildman–Crippen MR) is 56.1 cm³/mol. The van der Waals surface area contributed by atoms with Gasteiger partial charge in [0, 0.05) is 5.92 Å². The summed E-state index contributed by atoms with van der Waals surface area (Å²) in [6.07, 6.45) is -0.132. The van der Waals surface area contributed by atoms with Gasteiger partial charge in [-0.05, 0) is 25.0 Å². The fourth-order valence-electron chi connectivity index (χ4n) is 1.89. The summed E-state index contributed by atoms with van der Waals surface area (Å²) in [4.78, 5) is 11.6. The Morgan fingerprint density at radius 2 is 2.00 bits per heavy atom. The van der Waals surface area contributed by atoms with Crippen molar-refractivity contribution < 1.29 is 14.6 Å². The van der Waals surface area contributed by atoms with E-state index >= 15 is 0 Å². The number of phenolic OH excluding ortho intramolecular Hbond substituents is 1. The SMILES string of the molecule is Cc1ccc2c(c1O)C(=O)O[C@@H](C)[C@H]2C. The molecule has 0 saturated heterocycles. The summed E-state index contributed by atoms with van der Waals surface area (Å²) in [7, 11) is 0. The first kappa shape index (κ1) is 10.0. The molecule has 0 aliphatic carbocycles. The van der Waals surface area contributed by atoms with Gasteiger partial charge in [-0.2, -0.15) is 0 Å². The lowest BCUT2D eigenvalue weighted by molar-refractivity contribution is 0.0236. The van der Waals surface area contributed by atoms with Crippen LogP contribution in [0.2, 0.25) is 0 Å². The Kier molecular flexibility index (Phi) is 2.18. The van der Waals surface area contributed by atoms with Crippen molar-refractivity contribution in [1.29, 1.82) is 0 Å². The minimum absolute atomic E-state index is 0.0521. The second-order valence-corrected chi connectivity index (χ2v) is 4.09. The van der Waals surface area contributed by atoms with Crippen LogP contribution in [0.3, 0.4) is 0 Å². The van der Waals surface area contributed by atoms with E-state index in [4.69, 9.17) is 4.74 Å². The summed E-state index contributed by atoms with van der Waals surface area (Å²) in [6, 6.07) is 3.72. The third-order valence-corrected chi connectivity index (χ3v) is 3.10. The lowest BCUT2D eigenvalue weighted by atomic mass is 9.88. The maximum absolute atomic E-state index is 11.6. The van der Waals surface area contributed by atoms with Crippen LogP contribution in [0.15, 0.2) is 12.1 Å². The van der Waals surface area contributed by atoms with E-state index in [0.29, 0.717) is 11.1 Å². The van der Waals surface area contributed by atoms with Crippen LogP contribution in [0.25, 0.3) is 0 Å². The van der Waals surface area contributed by atoms with Crippen LogP contribution < -0.4 is 0 Å². The molecule has 15 heavy (non-hydrogen) atoms. The topological polar surface area (TPSA) is 46.5 Å². The molecule has 2 rings (SSSR count). The number of ether oxygens (including phenoxy) is 1. The first-order chi connectivity index (χ1) is 7.02. The van der Waals surface area contributed by atoms with Crippen LogP contribution in [0.1, 0.15) is 41.3 Å². The largest absolute Gasteiger partial charge is 0.507 e. The Labute approximate surface area is 88.7 Å². The van der Waals surface area contributed by atoms with Gasteiger partial charge in [0.1, 0.15) is 17.4 Å². The molecular formula is C12H14O3. The van der Waals surface area contributed by atoms with E-state index in [2.05, 4.69) is 0 Å². The number of rotatable bonds is 0. The molecule has 80 valence electrons. The maximum Gasteiger partial charge on any atom is 0.342 e. The number of cyclic esters (lactones) is 1. The number of esters is 1. The third kappa shape index (κ3) is 1.39. The number of aryl methyl sites for hydroxylation is 1. The Morgan fingerprint density at radius 3 is 2.67 bits per heavy atom. The molecule has 0 spiro atoms. The van der Waals surface area contributed by atoms with E-state index in [1.807, 2.05) is 26.0 Å². The van der Waals surface area contributed by atoms with Gasteiger partial charge in [-0.3, -0.25) is 0 Å². The Morgan fingerprint density at radius 1 is 1.33 bits per heavy atom. The number of phenols is 1. The number of hydrogen-bond donors (Lipinski definition) is 1. The summed E-state index contributed by atoms with van der Waals surface area (Å²) in [6.45, 7) is 5.62. The smallest absolute Gasteiger partial charge is 0.342 e. The van der Waals surface area contributed by atoms with Gasteiger partial charge in [0.05, 0.1) is 0 Å². The van der Waals surface area contributed by atoms with Gasteiger partial charge in [0.2, 0.25) is 0 Å². The average molecular weight is 206 g/mol. The molecule has 3 heteroatoms. The van der Waals surface area contributed by atoms with E-state index in [-0.39, 0.29) is 17.8 Å². The zero-order valence-corrected chi connectivity index (χ0v) is 9.07. The first-order valence-electron chi connectivity index (χ1n) is 5.05. The van der Waals surface area contributed by atoms with Crippen LogP contribution >= 0.6 is 0 Å². The molecular weight excluding hydrogens is 192 g/mol. The van der Waals surface area contributed by atoms with Crippen molar-refractivity contribution in [3.63, 3.8) is 0 Å². The second-order valence-electron chi connectivity index (χ2n) is 4.09. The summed E-state index contributed by atoms with van der Waals surface area (Å²) in [5.41, 5.74) is 1.91. The molecule has 0 fully saturated rings. The van der Waals surface area contributed by atoms with E-state index in [9.17, 15) is 9.90 Å². The highest BCUT2D eigenvalue weighted by molar-refractivity contribution is 5.96. The Balaban J connectivity index is 2.66. The van der Waals surface area contributed by atoms with Crippen molar-refractivity contribution in [2.75, 3.05) is 0 Å². The summed E-state index contributed by atoms with van der Waals surface area (Å²) in [5.74, 6) is -0.239. The number of carbonyl (C=O) groups is 1. The van der Waals surface area contributed by atoms with Gasteiger partial charge in [-0.15, -0.1) is 0 Å². The molecule has 3 nitrogen and oxygen atoms in total. The maximum atomic E-state index is 11.6. The van der Waals surface area contributed by atoms with E-state index in [0.717, 1.165) is 5.56 Å². The monoisotopic (exact) mass is 206 g/mol. The fourth-order valence-corrected chi connectivity index (χ4v) is 1.89. The highest BCUT2D eigenvalue weighted by Crippen LogP contribution is 2.36. The quantitative estimate of drug-likeness (QED) is 0.663. The van der Waals surface area contributed by atoms with Crippen LogP contribution in [0.4, 0.5) is 0 Å². The molecule has 1 N–H and O–H groups in total. The Hall–Kier alpha value is -1.51. The van der Waals surface area contributed by atoms with Gasteiger partial charge in [-0.25, -0.2) is 4.79 Å². The molecule has 1 heterocycles. The third-order valence-electron chi connectivity index (χ3n) is 3.10. The zero-order valence-electron chi connectivity index (χ0n) is 9.07. The summed E-state index contributed by atoms with van der Waals surface area (Å²) >= 11 is 0. The molecule has 1 aromatic carbocycles. The van der Waals surface area contributed by atoms with Crippen molar-refractivity contribution in [3.05, 3.63) is 28.8 Å². The number of fused-ring (bicyclic) bond motifs is 1. The van der Waals surface area contributed by atoms with Crippen LogP contribution in [0.5, 0.6) is 5.75 Å². The highest BCUT2D eigenvalue weighted by Gasteiger charge is 2.32. The highest BCUT2D eigenvalue weighted by atomic mass is 16.5. The first-order valence-corrected chi connectivity index (χ1v) is 5.05. The van der Waals surface area contributed by atoms with Crippen molar-refractivity contribution >= 4 is 5.97 Å². The molecule has 0 aromatic heterocycles. The van der Waals surface area contributed by atoms with Gasteiger partial charge >= 0.3 is 5.97 Å². The second kappa shape index (κ2) is 3.26. The van der Waals surface area contributed by atoms with Gasteiger partial charge in [0.25, 0.3) is 0 Å². The van der Waals surface area contributed by atoms with E-state index in [1.165, 1.54) is 0 Å². The van der Waals surface area contributed by atoms with Gasteiger partial charge in [0.15, 0.2) is 0 Å². The van der Waals surface area contributed by atoms with Crippen molar-refractivity contribution in [2.24, 2.45) is 0 Å². The van der Waals surface area contributed by atoms with Crippen molar-refractivity contribution in [2.45, 2.75) is 32.8 Å². The lowest BCUT2D eigenvalue weighted by Crippen LogP contribution is -2.28. The number of aromatic hydroxyl groups is 1. The van der Waals surface area contributed by atoms with Crippen LogP contribution in [-0.4, -0.2) is 17.2 Å². The van der Waals surface area contributed by atoms with Gasteiger partial charge < -0.3 is 9.84 Å². The molecule has 1 aliphatic rings. The molecule has 0 radical (unpaired) electrons. The Bertz CT molecular complexity index is 423. The molecule has 0 saturated carbocycles. The standard InChI is InChI=1S/C12H14O3/c1-6-4-5-9-7(2)8(3)15-12(14)10(9)11(6)13/h4-5,7-8,13H,1-3H3/t7-,8+/m1/s1. The lowest BCUT2D eigenvalue weighted by Gasteiger charge is -2.28. The van der Waals surface area contributed by atoms with Crippen LogP contribution in [-0.2, 0) is 4.74 Å².